The molecule has 2 unspecified atom stereocenters. The Bertz CT molecular complexity index is 1350. The molecule has 2 aromatic rings. The van der Waals surface area contributed by atoms with Crippen LogP contribution in [-0.2, 0) is 6.61 Å². The van der Waals surface area contributed by atoms with Gasteiger partial charge in [0.15, 0.2) is 11.4 Å². The van der Waals surface area contributed by atoms with Crippen LogP contribution in [0.5, 0.6) is 5.75 Å². The van der Waals surface area contributed by atoms with E-state index in [-0.39, 0.29) is 35.6 Å². The number of rotatable bonds is 6. The van der Waals surface area contributed by atoms with Crippen LogP contribution in [0.25, 0.3) is 0 Å². The molecule has 0 saturated carbocycles. The molecule has 0 spiro atoms. The second-order valence-electron chi connectivity index (χ2n) is 9.41. The minimum atomic E-state index is -1.77. The van der Waals surface area contributed by atoms with Crippen molar-refractivity contribution in [1.82, 2.24) is 14.8 Å². The first-order chi connectivity index (χ1) is 17.8. The molecule has 3 aliphatic rings. The van der Waals surface area contributed by atoms with Gasteiger partial charge >= 0.3 is 0 Å². The topological polar surface area (TPSA) is 80.6 Å². The molecule has 194 valence electrons. The van der Waals surface area contributed by atoms with Gasteiger partial charge in [-0.05, 0) is 30.9 Å². The number of nitrogens with zero attached hydrogens (tertiary/aromatic N) is 2. The number of alkyl halides is 1. The van der Waals surface area contributed by atoms with E-state index in [1.165, 1.54) is 6.20 Å². The van der Waals surface area contributed by atoms with E-state index in [2.05, 4.69) is 5.32 Å². The summed E-state index contributed by atoms with van der Waals surface area (Å²) in [4.78, 5) is 41.7. The van der Waals surface area contributed by atoms with Gasteiger partial charge in [-0.1, -0.05) is 30.3 Å². The lowest BCUT2D eigenvalue weighted by molar-refractivity contribution is 0.0750. The van der Waals surface area contributed by atoms with Crippen molar-refractivity contribution >= 4 is 11.8 Å². The molecule has 1 N–H and O–H groups in total. The monoisotopic (exact) mass is 513 g/mol. The van der Waals surface area contributed by atoms with Crippen molar-refractivity contribution in [2.75, 3.05) is 19.6 Å². The highest BCUT2D eigenvalue weighted by Crippen LogP contribution is 2.33. The molecule has 1 aliphatic carbocycles. The van der Waals surface area contributed by atoms with E-state index in [0.717, 1.165) is 18.4 Å². The number of pyridine rings is 1. The van der Waals surface area contributed by atoms with Crippen LogP contribution in [0.15, 0.2) is 64.6 Å². The number of fused-ring (bicyclic) bond motifs is 5. The lowest BCUT2D eigenvalue weighted by atomic mass is 10.0. The van der Waals surface area contributed by atoms with Crippen LogP contribution in [0, 0.1) is 0 Å². The maximum atomic E-state index is 14.1. The third-order valence-corrected chi connectivity index (χ3v) is 6.99. The minimum Gasteiger partial charge on any atom is -0.483 e. The molecule has 1 fully saturated rings. The number of benzene rings is 1. The molecule has 2 amide bonds. The Labute approximate surface area is 211 Å². The maximum absolute atomic E-state index is 14.1. The van der Waals surface area contributed by atoms with Gasteiger partial charge in [-0.25, -0.2) is 13.2 Å². The summed E-state index contributed by atoms with van der Waals surface area (Å²) in [5.74, 6) is -3.52. The van der Waals surface area contributed by atoms with Gasteiger partial charge in [-0.15, -0.1) is 0 Å². The van der Waals surface area contributed by atoms with Gasteiger partial charge in [0.05, 0.1) is 0 Å². The Morgan fingerprint density at radius 3 is 2.65 bits per heavy atom. The molecule has 0 radical (unpaired) electrons. The number of aromatic nitrogens is 1. The molecule has 2 aliphatic heterocycles. The molecule has 1 aromatic carbocycles. The average Bonchev–Trinajstić information content (AvgIpc) is 3.19. The van der Waals surface area contributed by atoms with Crippen LogP contribution in [0.1, 0.15) is 58.1 Å². The predicted octanol–water partition coefficient (Wildman–Crippen LogP) is 4.16. The van der Waals surface area contributed by atoms with E-state index in [0.29, 0.717) is 25.6 Å². The van der Waals surface area contributed by atoms with Crippen molar-refractivity contribution in [3.8, 4) is 5.75 Å². The Hall–Kier alpha value is -3.82. The first kappa shape index (κ1) is 24.9. The largest absolute Gasteiger partial charge is 0.483 e. The van der Waals surface area contributed by atoms with E-state index in [4.69, 9.17) is 4.74 Å². The van der Waals surface area contributed by atoms with Crippen LogP contribution in [0.4, 0.5) is 13.2 Å². The first-order valence-electron chi connectivity index (χ1n) is 12.3. The van der Waals surface area contributed by atoms with Crippen molar-refractivity contribution in [1.29, 1.82) is 0 Å². The van der Waals surface area contributed by atoms with Gasteiger partial charge in [-0.3, -0.25) is 14.4 Å². The SMILES string of the molecule is O=C(NCC1=C(F)CC(F)C=C1F)c1cn2c(c(OCc3ccccc3)c1=O)C(=O)N1CCCC2CC1. The summed E-state index contributed by atoms with van der Waals surface area (Å²) in [6.07, 6.45) is 1.78. The lowest BCUT2D eigenvalue weighted by Crippen LogP contribution is -2.37. The van der Waals surface area contributed by atoms with Gasteiger partial charge in [0.2, 0.25) is 5.43 Å². The van der Waals surface area contributed by atoms with E-state index < -0.39 is 47.7 Å². The zero-order valence-corrected chi connectivity index (χ0v) is 20.0. The smallest absolute Gasteiger partial charge is 0.274 e. The number of ether oxygens (including phenoxy) is 1. The Morgan fingerprint density at radius 1 is 1.11 bits per heavy atom. The van der Waals surface area contributed by atoms with Gasteiger partial charge in [0.25, 0.3) is 11.8 Å². The molecule has 2 atom stereocenters. The highest BCUT2D eigenvalue weighted by atomic mass is 19.2. The molecule has 10 heteroatoms. The number of hydrogen-bond acceptors (Lipinski definition) is 4. The quantitative estimate of drug-likeness (QED) is 0.629. The summed E-state index contributed by atoms with van der Waals surface area (Å²) in [6, 6.07) is 8.96. The summed E-state index contributed by atoms with van der Waals surface area (Å²) in [5, 5.41) is 2.37. The van der Waals surface area contributed by atoms with E-state index in [9.17, 15) is 27.6 Å². The molecular formula is C27H26F3N3O4. The van der Waals surface area contributed by atoms with Crippen LogP contribution in [0.2, 0.25) is 0 Å². The van der Waals surface area contributed by atoms with Crippen molar-refractivity contribution in [3.63, 3.8) is 0 Å². The number of allylic oxidation sites excluding steroid dienone is 2. The van der Waals surface area contributed by atoms with E-state index >= 15 is 0 Å². The average molecular weight is 514 g/mol. The highest BCUT2D eigenvalue weighted by Gasteiger charge is 2.36. The third-order valence-electron chi connectivity index (χ3n) is 6.99. The Balaban J connectivity index is 1.51. The van der Waals surface area contributed by atoms with Gasteiger partial charge in [0.1, 0.15) is 30.0 Å². The summed E-state index contributed by atoms with van der Waals surface area (Å²) >= 11 is 0. The molecular weight excluding hydrogens is 487 g/mol. The summed E-state index contributed by atoms with van der Waals surface area (Å²) in [6.45, 7) is 0.541. The van der Waals surface area contributed by atoms with Crippen molar-refractivity contribution in [2.24, 2.45) is 0 Å². The first-order valence-corrected chi connectivity index (χ1v) is 12.3. The van der Waals surface area contributed by atoms with Gasteiger partial charge in [0, 0.05) is 43.9 Å². The molecule has 1 saturated heterocycles. The highest BCUT2D eigenvalue weighted by molar-refractivity contribution is 5.99. The third kappa shape index (κ3) is 4.92. The minimum absolute atomic E-state index is 0.00456. The normalized spacial score (nSPS) is 21.2. The standard InChI is InChI=1S/C27H26F3N3O4/c28-17-11-21(29)19(22(30)12-17)13-31-26(35)20-14-33-18-7-4-9-32(10-8-18)27(36)23(33)25(24(20)34)37-15-16-5-2-1-3-6-16/h1-3,5-6,11,14,17-18H,4,7-10,12-13,15H2,(H,31,35). The molecule has 5 rings (SSSR count). The van der Waals surface area contributed by atoms with Crippen LogP contribution >= 0.6 is 0 Å². The van der Waals surface area contributed by atoms with Crippen molar-refractivity contribution in [3.05, 3.63) is 86.9 Å². The number of amides is 2. The predicted molar refractivity (Wildman–Crippen MR) is 129 cm³/mol. The number of carbonyl (C=O) groups is 2. The number of halogens is 3. The fourth-order valence-electron chi connectivity index (χ4n) is 5.03. The molecule has 37 heavy (non-hydrogen) atoms. The van der Waals surface area contributed by atoms with Gasteiger partial charge in [-0.2, -0.15) is 0 Å². The summed E-state index contributed by atoms with van der Waals surface area (Å²) in [5.41, 5.74) is -0.681. The summed E-state index contributed by atoms with van der Waals surface area (Å²) < 4.78 is 49.2. The van der Waals surface area contributed by atoms with Crippen LogP contribution in [0.3, 0.4) is 0 Å². The maximum Gasteiger partial charge on any atom is 0.274 e. The fourth-order valence-corrected chi connectivity index (χ4v) is 5.03. The Morgan fingerprint density at radius 2 is 1.89 bits per heavy atom. The fraction of sp³-hybridized carbons (Fsp3) is 0.370. The zero-order chi connectivity index (χ0) is 26.1. The summed E-state index contributed by atoms with van der Waals surface area (Å²) in [7, 11) is 0. The van der Waals surface area contributed by atoms with Gasteiger partial charge < -0.3 is 19.5 Å². The zero-order valence-electron chi connectivity index (χ0n) is 20.0. The number of carbonyl (C=O) groups excluding carboxylic acids is 2. The second-order valence-corrected chi connectivity index (χ2v) is 9.41. The molecule has 7 nitrogen and oxygen atoms in total. The molecule has 2 bridgehead atoms. The van der Waals surface area contributed by atoms with E-state index in [1.807, 2.05) is 30.3 Å². The Kier molecular flexibility index (Phi) is 6.90. The molecule has 3 heterocycles. The van der Waals surface area contributed by atoms with Crippen molar-refractivity contribution < 1.29 is 27.5 Å². The number of nitrogens with one attached hydrogen (secondary N) is 1. The lowest BCUT2D eigenvalue weighted by Gasteiger charge is -2.26. The van der Waals surface area contributed by atoms with Crippen LogP contribution < -0.4 is 15.5 Å². The van der Waals surface area contributed by atoms with E-state index in [1.54, 1.807) is 9.47 Å². The second kappa shape index (κ2) is 10.3. The van der Waals surface area contributed by atoms with Crippen molar-refractivity contribution in [2.45, 2.75) is 44.5 Å². The number of hydrogen-bond donors (Lipinski definition) is 1. The molecule has 1 aromatic heterocycles. The van der Waals surface area contributed by atoms with Crippen LogP contribution in [-0.4, -0.2) is 47.1 Å².